The van der Waals surface area contributed by atoms with Gasteiger partial charge in [0.05, 0.1) is 22.3 Å². The molecule has 2 N–H and O–H groups in total. The van der Waals surface area contributed by atoms with Gasteiger partial charge >= 0.3 is 5.97 Å². The van der Waals surface area contributed by atoms with Crippen molar-refractivity contribution in [2.45, 2.75) is 26.4 Å². The molecule has 0 saturated heterocycles. The van der Waals surface area contributed by atoms with Crippen LogP contribution in [0.15, 0.2) is 28.5 Å². The zero-order valence-corrected chi connectivity index (χ0v) is 14.6. The number of thiophene rings is 1. The number of rotatable bonds is 2. The number of carbonyl (C=O) groups is 1. The fourth-order valence-corrected chi connectivity index (χ4v) is 3.01. The number of pyridine rings is 1. The van der Waals surface area contributed by atoms with E-state index in [2.05, 4.69) is 10.1 Å². The zero-order chi connectivity index (χ0) is 18.4. The third-order valence-corrected chi connectivity index (χ3v) is 4.04. The predicted octanol–water partition coefficient (Wildman–Crippen LogP) is 2.52. The monoisotopic (exact) mass is 362 g/mol. The maximum absolute atomic E-state index is 13.1. The lowest BCUT2D eigenvalue weighted by atomic mass is 10.2. The van der Waals surface area contributed by atoms with Crippen molar-refractivity contribution in [2.24, 2.45) is 0 Å². The summed E-state index contributed by atoms with van der Waals surface area (Å²) >= 11 is 1.13. The van der Waals surface area contributed by atoms with Crippen molar-refractivity contribution in [3.8, 4) is 5.69 Å². The van der Waals surface area contributed by atoms with E-state index >= 15 is 0 Å². The zero-order valence-electron chi connectivity index (χ0n) is 13.7. The van der Waals surface area contributed by atoms with Crippen LogP contribution in [0.5, 0.6) is 0 Å². The molecule has 25 heavy (non-hydrogen) atoms. The first-order valence-electron chi connectivity index (χ1n) is 7.32. The number of nitrogens with zero attached hydrogens (tertiary/aromatic N) is 3. The van der Waals surface area contributed by atoms with Gasteiger partial charge in [0.1, 0.15) is 5.60 Å². The molecule has 130 valence electrons. The highest BCUT2D eigenvalue weighted by molar-refractivity contribution is 7.15. The molecule has 0 aliphatic carbocycles. The standard InChI is InChI=1S/C16H15FN4O3S/c1-16(2,3)24-15(23)12-9-7-25-13(18)11(9)14(22)21(20-12)8-4-5-10(17)19-6-8/h4-7H,18H2,1-3H3. The third-order valence-electron chi connectivity index (χ3n) is 3.23. The van der Waals surface area contributed by atoms with Crippen molar-refractivity contribution in [2.75, 3.05) is 5.73 Å². The van der Waals surface area contributed by atoms with Gasteiger partial charge in [0.15, 0.2) is 5.69 Å². The van der Waals surface area contributed by atoms with Crippen molar-refractivity contribution in [1.82, 2.24) is 14.8 Å². The van der Waals surface area contributed by atoms with Crippen LogP contribution in [0.25, 0.3) is 16.5 Å². The van der Waals surface area contributed by atoms with Gasteiger partial charge in [-0.3, -0.25) is 4.79 Å². The second-order valence-electron chi connectivity index (χ2n) is 6.30. The average Bonchev–Trinajstić information content (AvgIpc) is 2.89. The summed E-state index contributed by atoms with van der Waals surface area (Å²) < 4.78 is 19.4. The highest BCUT2D eigenvalue weighted by Crippen LogP contribution is 2.28. The minimum Gasteiger partial charge on any atom is -0.455 e. The van der Waals surface area contributed by atoms with Gasteiger partial charge in [-0.15, -0.1) is 11.3 Å². The van der Waals surface area contributed by atoms with E-state index in [1.54, 1.807) is 26.2 Å². The molecular weight excluding hydrogens is 347 g/mol. The van der Waals surface area contributed by atoms with Crippen molar-refractivity contribution < 1.29 is 13.9 Å². The van der Waals surface area contributed by atoms with Gasteiger partial charge in [0.2, 0.25) is 5.95 Å². The summed E-state index contributed by atoms with van der Waals surface area (Å²) in [5.41, 5.74) is 4.82. The van der Waals surface area contributed by atoms with Crippen LogP contribution >= 0.6 is 11.3 Å². The first-order valence-corrected chi connectivity index (χ1v) is 8.20. The molecule has 0 aliphatic rings. The Kier molecular flexibility index (Phi) is 4.03. The number of fused-ring (bicyclic) bond motifs is 1. The normalized spacial score (nSPS) is 11.7. The Morgan fingerprint density at radius 3 is 2.68 bits per heavy atom. The van der Waals surface area contributed by atoms with Crippen LogP contribution in [0.2, 0.25) is 0 Å². The average molecular weight is 362 g/mol. The summed E-state index contributed by atoms with van der Waals surface area (Å²) in [7, 11) is 0. The minimum atomic E-state index is -0.731. The summed E-state index contributed by atoms with van der Waals surface area (Å²) in [6, 6.07) is 2.43. The van der Waals surface area contributed by atoms with Crippen LogP contribution in [0.1, 0.15) is 31.3 Å². The molecule has 9 heteroatoms. The molecule has 0 unspecified atom stereocenters. The van der Waals surface area contributed by atoms with Gasteiger partial charge in [-0.2, -0.15) is 14.2 Å². The molecule has 3 aromatic rings. The Bertz CT molecular complexity index is 1020. The van der Waals surface area contributed by atoms with Crippen LogP contribution in [0.3, 0.4) is 0 Å². The number of anilines is 1. The highest BCUT2D eigenvalue weighted by atomic mass is 32.1. The van der Waals surface area contributed by atoms with Crippen LogP contribution < -0.4 is 11.3 Å². The summed E-state index contributed by atoms with van der Waals surface area (Å²) in [5, 5.41) is 6.46. The molecule has 3 rings (SSSR count). The maximum atomic E-state index is 13.1. The quantitative estimate of drug-likeness (QED) is 0.555. The summed E-state index contributed by atoms with van der Waals surface area (Å²) in [4.78, 5) is 28.7. The second-order valence-corrected chi connectivity index (χ2v) is 7.21. The lowest BCUT2D eigenvalue weighted by molar-refractivity contribution is 0.00634. The SMILES string of the molecule is CC(C)(C)OC(=O)c1nn(-c2ccc(F)nc2)c(=O)c2c(N)scc12. The highest BCUT2D eigenvalue weighted by Gasteiger charge is 2.25. The fraction of sp³-hybridized carbons (Fsp3) is 0.250. The van der Waals surface area contributed by atoms with E-state index in [9.17, 15) is 14.0 Å². The number of hydrogen-bond donors (Lipinski definition) is 1. The number of hydrogen-bond acceptors (Lipinski definition) is 7. The molecule has 3 heterocycles. The number of ether oxygens (including phenoxy) is 1. The molecule has 0 radical (unpaired) electrons. The van der Waals surface area contributed by atoms with Gasteiger partial charge in [-0.25, -0.2) is 9.78 Å². The Hall–Kier alpha value is -2.81. The maximum Gasteiger partial charge on any atom is 0.360 e. The Labute approximate surface area is 145 Å². The molecule has 0 aliphatic heterocycles. The Morgan fingerprint density at radius 2 is 2.08 bits per heavy atom. The first kappa shape index (κ1) is 17.0. The molecule has 0 amide bonds. The molecule has 0 spiro atoms. The van der Waals surface area contributed by atoms with Crippen LogP contribution in [0.4, 0.5) is 9.39 Å². The molecule has 7 nitrogen and oxygen atoms in total. The molecule has 0 aromatic carbocycles. The van der Waals surface area contributed by atoms with Crippen LogP contribution in [-0.2, 0) is 4.74 Å². The van der Waals surface area contributed by atoms with Gasteiger partial charge in [-0.05, 0) is 32.9 Å². The molecule has 0 bridgehead atoms. The van der Waals surface area contributed by atoms with Gasteiger partial charge in [-0.1, -0.05) is 0 Å². The number of carbonyl (C=O) groups excluding carboxylic acids is 1. The number of halogens is 1. The third kappa shape index (κ3) is 3.22. The molecule has 3 aromatic heterocycles. The molecule has 0 atom stereocenters. The van der Waals surface area contributed by atoms with Crippen LogP contribution in [0, 0.1) is 5.95 Å². The van der Waals surface area contributed by atoms with Gasteiger partial charge in [0, 0.05) is 10.8 Å². The molecule has 0 fully saturated rings. The van der Waals surface area contributed by atoms with Gasteiger partial charge < -0.3 is 10.5 Å². The summed E-state index contributed by atoms with van der Waals surface area (Å²) in [5.74, 6) is -1.38. The summed E-state index contributed by atoms with van der Waals surface area (Å²) in [6.07, 6.45) is 1.15. The van der Waals surface area contributed by atoms with Crippen molar-refractivity contribution >= 4 is 33.1 Å². The molecule has 0 saturated carbocycles. The lowest BCUT2D eigenvalue weighted by Gasteiger charge is -2.19. The van der Waals surface area contributed by atoms with E-state index in [1.165, 1.54) is 6.07 Å². The minimum absolute atomic E-state index is 0.0400. The van der Waals surface area contributed by atoms with Crippen molar-refractivity contribution in [1.29, 1.82) is 0 Å². The van der Waals surface area contributed by atoms with Crippen molar-refractivity contribution in [3.05, 3.63) is 45.7 Å². The van der Waals surface area contributed by atoms with Gasteiger partial charge in [0.25, 0.3) is 5.56 Å². The Morgan fingerprint density at radius 1 is 1.36 bits per heavy atom. The first-order chi connectivity index (χ1) is 11.7. The molecular formula is C16H15FN4O3S. The lowest BCUT2D eigenvalue weighted by Crippen LogP contribution is -2.28. The summed E-state index contributed by atoms with van der Waals surface area (Å²) in [6.45, 7) is 5.18. The number of esters is 1. The van der Waals surface area contributed by atoms with Crippen LogP contribution in [-0.4, -0.2) is 26.3 Å². The number of aromatic nitrogens is 3. The van der Waals surface area contributed by atoms with E-state index in [1.807, 2.05) is 0 Å². The second kappa shape index (κ2) is 5.92. The van der Waals surface area contributed by atoms with E-state index in [-0.39, 0.29) is 21.8 Å². The van der Waals surface area contributed by atoms with E-state index < -0.39 is 23.1 Å². The largest absolute Gasteiger partial charge is 0.455 e. The van der Waals surface area contributed by atoms with E-state index in [4.69, 9.17) is 10.5 Å². The number of nitrogen functional groups attached to an aromatic ring is 1. The van der Waals surface area contributed by atoms with E-state index in [0.717, 1.165) is 28.3 Å². The number of nitrogens with two attached hydrogens (primary N) is 1. The van der Waals surface area contributed by atoms with E-state index in [0.29, 0.717) is 5.39 Å². The fourth-order valence-electron chi connectivity index (χ4n) is 2.22. The Balaban J connectivity index is 2.27. The van der Waals surface area contributed by atoms with Crippen molar-refractivity contribution in [3.63, 3.8) is 0 Å². The predicted molar refractivity (Wildman–Crippen MR) is 92.6 cm³/mol. The smallest absolute Gasteiger partial charge is 0.360 e. The topological polar surface area (TPSA) is 100 Å².